The second-order valence-electron chi connectivity index (χ2n) is 4.11. The molecule has 1 aliphatic heterocycles. The molecule has 0 spiro atoms. The van der Waals surface area contributed by atoms with E-state index in [9.17, 15) is 0 Å². The van der Waals surface area contributed by atoms with Crippen LogP contribution in [0.5, 0.6) is 0 Å². The van der Waals surface area contributed by atoms with Gasteiger partial charge >= 0.3 is 0 Å². The molecule has 1 aliphatic rings. The molecule has 0 aliphatic carbocycles. The summed E-state index contributed by atoms with van der Waals surface area (Å²) in [4.78, 5) is 1.37. The first kappa shape index (κ1) is 10.7. The van der Waals surface area contributed by atoms with Crippen molar-refractivity contribution < 1.29 is 4.74 Å². The molecule has 1 aromatic heterocycles. The summed E-state index contributed by atoms with van der Waals surface area (Å²) in [6.07, 6.45) is 2.69. The number of hydrogen-bond acceptors (Lipinski definition) is 2. The zero-order valence-electron chi connectivity index (χ0n) is 8.55. The zero-order chi connectivity index (χ0) is 10.2. The van der Waals surface area contributed by atoms with E-state index >= 15 is 0 Å². The Morgan fingerprint density at radius 2 is 2.50 bits per heavy atom. The van der Waals surface area contributed by atoms with Crippen LogP contribution in [0, 0.1) is 6.92 Å². The maximum absolute atomic E-state index is 6.06. The van der Waals surface area contributed by atoms with Crippen molar-refractivity contribution in [1.82, 2.24) is 0 Å². The number of alkyl halides is 1. The normalized spacial score (nSPS) is 32.4. The van der Waals surface area contributed by atoms with E-state index in [2.05, 4.69) is 41.2 Å². The van der Waals surface area contributed by atoms with Crippen molar-refractivity contribution in [2.24, 2.45) is 0 Å². The van der Waals surface area contributed by atoms with Crippen LogP contribution < -0.4 is 0 Å². The summed E-state index contributed by atoms with van der Waals surface area (Å²) in [5.41, 5.74) is 1.31. The van der Waals surface area contributed by atoms with Crippen molar-refractivity contribution in [3.8, 4) is 0 Å². The summed E-state index contributed by atoms with van der Waals surface area (Å²) < 4.78 is 6.06. The predicted octanol–water partition coefficient (Wildman–Crippen LogP) is 3.85. The first-order valence-corrected chi connectivity index (χ1v) is 6.93. The van der Waals surface area contributed by atoms with E-state index in [1.807, 2.05) is 0 Å². The Morgan fingerprint density at radius 1 is 1.71 bits per heavy atom. The van der Waals surface area contributed by atoms with Gasteiger partial charge in [0.05, 0.1) is 11.7 Å². The van der Waals surface area contributed by atoms with Crippen molar-refractivity contribution in [2.75, 3.05) is 5.33 Å². The monoisotopic (exact) mass is 274 g/mol. The van der Waals surface area contributed by atoms with Crippen molar-refractivity contribution in [1.29, 1.82) is 0 Å². The van der Waals surface area contributed by atoms with Crippen LogP contribution in [0.3, 0.4) is 0 Å². The number of thiophene rings is 1. The highest BCUT2D eigenvalue weighted by atomic mass is 79.9. The topological polar surface area (TPSA) is 9.23 Å². The fourth-order valence-corrected chi connectivity index (χ4v) is 3.25. The van der Waals surface area contributed by atoms with Crippen molar-refractivity contribution in [2.45, 2.75) is 38.4 Å². The maximum atomic E-state index is 6.06. The van der Waals surface area contributed by atoms with Crippen LogP contribution in [0.25, 0.3) is 0 Å². The fourth-order valence-electron chi connectivity index (χ4n) is 1.96. The van der Waals surface area contributed by atoms with Crippen LogP contribution in [-0.2, 0) is 10.3 Å². The minimum atomic E-state index is -0.0385. The molecule has 1 aromatic rings. The largest absolute Gasteiger partial charge is 0.366 e. The molecular formula is C11H15BrOS. The van der Waals surface area contributed by atoms with Gasteiger partial charge in [0.25, 0.3) is 0 Å². The molecule has 0 saturated carbocycles. The Kier molecular flexibility index (Phi) is 3.01. The maximum Gasteiger partial charge on any atom is 0.0916 e. The third-order valence-electron chi connectivity index (χ3n) is 2.88. The SMILES string of the molecule is Cc1cc(C2(C)CCC(CBr)O2)cs1. The molecule has 3 heteroatoms. The molecule has 0 amide bonds. The first-order chi connectivity index (χ1) is 6.64. The highest BCUT2D eigenvalue weighted by molar-refractivity contribution is 9.09. The molecule has 0 radical (unpaired) electrons. The van der Waals surface area contributed by atoms with Gasteiger partial charge in [0, 0.05) is 10.2 Å². The lowest BCUT2D eigenvalue weighted by Gasteiger charge is -2.23. The number of hydrogen-bond donors (Lipinski definition) is 0. The summed E-state index contributed by atoms with van der Waals surface area (Å²) in [6, 6.07) is 2.25. The van der Waals surface area contributed by atoms with Gasteiger partial charge in [0.15, 0.2) is 0 Å². The quantitative estimate of drug-likeness (QED) is 0.745. The molecule has 1 nitrogen and oxygen atoms in total. The molecule has 78 valence electrons. The second-order valence-corrected chi connectivity index (χ2v) is 5.87. The van der Waals surface area contributed by atoms with Crippen LogP contribution in [0.1, 0.15) is 30.2 Å². The van der Waals surface area contributed by atoms with Crippen molar-refractivity contribution >= 4 is 27.3 Å². The van der Waals surface area contributed by atoms with Gasteiger partial charge in [-0.1, -0.05) is 15.9 Å². The Balaban J connectivity index is 2.18. The molecule has 1 saturated heterocycles. The van der Waals surface area contributed by atoms with Crippen LogP contribution in [0.15, 0.2) is 11.4 Å². The molecule has 0 bridgehead atoms. The molecule has 14 heavy (non-hydrogen) atoms. The summed E-state index contributed by atoms with van der Waals surface area (Å²) in [5, 5.41) is 3.18. The van der Waals surface area contributed by atoms with Crippen LogP contribution in [0.2, 0.25) is 0 Å². The van der Waals surface area contributed by atoms with Gasteiger partial charge in [0.1, 0.15) is 0 Å². The summed E-state index contributed by atoms with van der Waals surface area (Å²) in [7, 11) is 0. The molecule has 2 heterocycles. The van der Waals surface area contributed by atoms with Gasteiger partial charge in [0.2, 0.25) is 0 Å². The van der Waals surface area contributed by atoms with Crippen LogP contribution in [-0.4, -0.2) is 11.4 Å². The predicted molar refractivity (Wildman–Crippen MR) is 64.3 cm³/mol. The van der Waals surface area contributed by atoms with Gasteiger partial charge in [-0.15, -0.1) is 11.3 Å². The molecule has 2 atom stereocenters. The van der Waals surface area contributed by atoms with Gasteiger partial charge < -0.3 is 4.74 Å². The Morgan fingerprint density at radius 3 is 3.00 bits per heavy atom. The highest BCUT2D eigenvalue weighted by Crippen LogP contribution is 2.40. The molecule has 0 aromatic carbocycles. The lowest BCUT2D eigenvalue weighted by molar-refractivity contribution is -0.0218. The fraction of sp³-hybridized carbons (Fsp3) is 0.636. The Hall–Kier alpha value is 0.140. The zero-order valence-corrected chi connectivity index (χ0v) is 11.0. The van der Waals surface area contributed by atoms with E-state index in [1.54, 1.807) is 11.3 Å². The average Bonchev–Trinajstić information content (AvgIpc) is 2.73. The summed E-state index contributed by atoms with van der Waals surface area (Å²) >= 11 is 5.29. The molecule has 2 unspecified atom stereocenters. The third-order valence-corrected chi connectivity index (χ3v) is 4.47. The van der Waals surface area contributed by atoms with Crippen molar-refractivity contribution in [3.63, 3.8) is 0 Å². The standard InChI is InChI=1S/C11H15BrOS/c1-8-5-9(7-14-8)11(2)4-3-10(6-12)13-11/h5,7,10H,3-4,6H2,1-2H3. The van der Waals surface area contributed by atoms with E-state index in [4.69, 9.17) is 4.74 Å². The van der Waals surface area contributed by atoms with E-state index in [0.29, 0.717) is 6.10 Å². The van der Waals surface area contributed by atoms with Crippen LogP contribution in [0.4, 0.5) is 0 Å². The third kappa shape index (κ3) is 1.90. The Bertz CT molecular complexity index is 323. The molecular weight excluding hydrogens is 260 g/mol. The number of aryl methyl sites for hydroxylation is 1. The summed E-state index contributed by atoms with van der Waals surface area (Å²) in [6.45, 7) is 4.35. The second kappa shape index (κ2) is 3.95. The molecule has 2 rings (SSSR count). The number of rotatable bonds is 2. The lowest BCUT2D eigenvalue weighted by atomic mass is 9.95. The van der Waals surface area contributed by atoms with Gasteiger partial charge in [-0.2, -0.15) is 0 Å². The van der Waals surface area contributed by atoms with Gasteiger partial charge in [-0.3, -0.25) is 0 Å². The molecule has 1 fully saturated rings. The van der Waals surface area contributed by atoms with Crippen LogP contribution >= 0.6 is 27.3 Å². The highest BCUT2D eigenvalue weighted by Gasteiger charge is 2.37. The minimum absolute atomic E-state index is 0.0385. The summed E-state index contributed by atoms with van der Waals surface area (Å²) in [5.74, 6) is 0. The first-order valence-electron chi connectivity index (χ1n) is 4.93. The van der Waals surface area contributed by atoms with E-state index < -0.39 is 0 Å². The van der Waals surface area contributed by atoms with E-state index in [0.717, 1.165) is 18.2 Å². The molecule has 0 N–H and O–H groups in total. The number of halogens is 1. The van der Waals surface area contributed by atoms with Crippen molar-refractivity contribution in [3.05, 3.63) is 21.9 Å². The van der Waals surface area contributed by atoms with E-state index in [1.165, 1.54) is 10.4 Å². The average molecular weight is 275 g/mol. The van der Waals surface area contributed by atoms with E-state index in [-0.39, 0.29) is 5.60 Å². The lowest BCUT2D eigenvalue weighted by Crippen LogP contribution is -2.22. The van der Waals surface area contributed by atoms with Gasteiger partial charge in [-0.25, -0.2) is 0 Å². The Labute approximate surface area is 97.6 Å². The minimum Gasteiger partial charge on any atom is -0.366 e. The van der Waals surface area contributed by atoms with Gasteiger partial charge in [-0.05, 0) is 43.7 Å². The smallest absolute Gasteiger partial charge is 0.0916 e. The number of ether oxygens (including phenoxy) is 1.